The Morgan fingerprint density at radius 3 is 2.65 bits per heavy atom. The number of rotatable bonds is 1. The third-order valence-electron chi connectivity index (χ3n) is 3.90. The van der Waals surface area contributed by atoms with Crippen LogP contribution in [0.2, 0.25) is 0 Å². The van der Waals surface area contributed by atoms with Gasteiger partial charge in [0.15, 0.2) is 11.5 Å². The fourth-order valence-corrected chi connectivity index (χ4v) is 2.97. The highest BCUT2D eigenvalue weighted by molar-refractivity contribution is 5.53. The van der Waals surface area contributed by atoms with E-state index in [0.29, 0.717) is 6.79 Å². The molecule has 0 unspecified atom stereocenters. The Balaban J connectivity index is 2.07. The molecule has 1 aliphatic heterocycles. The van der Waals surface area contributed by atoms with Crippen molar-refractivity contribution in [2.75, 3.05) is 6.79 Å². The molecule has 1 aromatic carbocycles. The molecule has 0 aromatic heterocycles. The predicted octanol–water partition coefficient (Wildman–Crippen LogP) is 2.84. The zero-order chi connectivity index (χ0) is 11.9. The van der Waals surface area contributed by atoms with E-state index < -0.39 is 0 Å². The Kier molecular flexibility index (Phi) is 2.51. The van der Waals surface area contributed by atoms with Gasteiger partial charge >= 0.3 is 0 Å². The minimum atomic E-state index is -0.220. The predicted molar refractivity (Wildman–Crippen MR) is 66.3 cm³/mol. The number of aryl methyl sites for hydroxylation is 1. The Hall–Kier alpha value is -1.22. The highest BCUT2D eigenvalue weighted by Gasteiger charge is 2.35. The monoisotopic (exact) mass is 233 g/mol. The maximum absolute atomic E-state index is 6.59. The summed E-state index contributed by atoms with van der Waals surface area (Å²) in [7, 11) is 0. The van der Waals surface area contributed by atoms with Crippen LogP contribution in [0.15, 0.2) is 12.1 Å². The summed E-state index contributed by atoms with van der Waals surface area (Å²) in [5.74, 6) is 1.73. The summed E-state index contributed by atoms with van der Waals surface area (Å²) in [6, 6.07) is 4.19. The first-order chi connectivity index (χ1) is 8.19. The summed E-state index contributed by atoms with van der Waals surface area (Å²) in [6.45, 7) is 2.40. The molecule has 3 nitrogen and oxygen atoms in total. The van der Waals surface area contributed by atoms with Crippen molar-refractivity contribution in [2.24, 2.45) is 5.73 Å². The molecule has 0 amide bonds. The molecule has 92 valence electrons. The van der Waals surface area contributed by atoms with E-state index in [2.05, 4.69) is 13.0 Å². The highest BCUT2D eigenvalue weighted by Crippen LogP contribution is 2.45. The summed E-state index contributed by atoms with van der Waals surface area (Å²) in [5.41, 5.74) is 8.70. The van der Waals surface area contributed by atoms with Gasteiger partial charge in [-0.15, -0.1) is 0 Å². The van der Waals surface area contributed by atoms with Crippen LogP contribution in [-0.2, 0) is 5.54 Å². The molecule has 1 fully saturated rings. The third-order valence-corrected chi connectivity index (χ3v) is 3.90. The Morgan fingerprint density at radius 1 is 1.12 bits per heavy atom. The first-order valence-electron chi connectivity index (χ1n) is 6.39. The van der Waals surface area contributed by atoms with E-state index in [1.165, 1.54) is 24.8 Å². The molecule has 3 heteroatoms. The molecule has 17 heavy (non-hydrogen) atoms. The molecule has 1 aliphatic carbocycles. The van der Waals surface area contributed by atoms with Crippen molar-refractivity contribution in [3.63, 3.8) is 0 Å². The summed E-state index contributed by atoms with van der Waals surface area (Å²) in [4.78, 5) is 0. The molecule has 0 spiro atoms. The van der Waals surface area contributed by atoms with Crippen LogP contribution < -0.4 is 15.2 Å². The minimum Gasteiger partial charge on any atom is -0.454 e. The molecule has 0 atom stereocenters. The van der Waals surface area contributed by atoms with Crippen LogP contribution in [-0.4, -0.2) is 6.79 Å². The Morgan fingerprint density at radius 2 is 1.88 bits per heavy atom. The van der Waals surface area contributed by atoms with E-state index in [-0.39, 0.29) is 5.54 Å². The van der Waals surface area contributed by atoms with Gasteiger partial charge in [-0.3, -0.25) is 0 Å². The molecule has 0 saturated heterocycles. The van der Waals surface area contributed by atoms with E-state index in [1.807, 2.05) is 6.07 Å². The van der Waals surface area contributed by atoms with Gasteiger partial charge in [-0.05, 0) is 31.4 Å². The van der Waals surface area contributed by atoms with E-state index in [1.54, 1.807) is 0 Å². The fraction of sp³-hybridized carbons (Fsp3) is 0.571. The molecular formula is C14H19NO2. The lowest BCUT2D eigenvalue weighted by Crippen LogP contribution is -2.38. The second-order valence-electron chi connectivity index (χ2n) is 5.26. The topological polar surface area (TPSA) is 44.5 Å². The van der Waals surface area contributed by atoms with Crippen LogP contribution in [0.5, 0.6) is 11.5 Å². The summed E-state index contributed by atoms with van der Waals surface area (Å²) < 4.78 is 11.1. The van der Waals surface area contributed by atoms with E-state index in [4.69, 9.17) is 15.2 Å². The van der Waals surface area contributed by atoms with Crippen LogP contribution in [0.3, 0.4) is 0 Å². The number of ether oxygens (including phenoxy) is 2. The second-order valence-corrected chi connectivity index (χ2v) is 5.26. The highest BCUT2D eigenvalue weighted by atomic mass is 16.7. The van der Waals surface area contributed by atoms with Gasteiger partial charge in [0.25, 0.3) is 0 Å². The quantitative estimate of drug-likeness (QED) is 0.811. The van der Waals surface area contributed by atoms with Crippen LogP contribution in [0.25, 0.3) is 0 Å². The molecule has 1 aromatic rings. The first-order valence-corrected chi connectivity index (χ1v) is 6.39. The number of fused-ring (bicyclic) bond motifs is 1. The van der Waals surface area contributed by atoms with E-state index >= 15 is 0 Å². The lowest BCUT2D eigenvalue weighted by atomic mass is 9.76. The normalized spacial score (nSPS) is 21.5. The molecular weight excluding hydrogens is 214 g/mol. The van der Waals surface area contributed by atoms with Crippen molar-refractivity contribution in [3.05, 3.63) is 23.3 Å². The van der Waals surface area contributed by atoms with Crippen molar-refractivity contribution in [3.8, 4) is 11.5 Å². The molecule has 1 heterocycles. The van der Waals surface area contributed by atoms with E-state index in [9.17, 15) is 0 Å². The summed E-state index contributed by atoms with van der Waals surface area (Å²) in [5, 5.41) is 0. The number of hydrogen-bond acceptors (Lipinski definition) is 3. The van der Waals surface area contributed by atoms with Crippen LogP contribution in [0.1, 0.15) is 43.2 Å². The lowest BCUT2D eigenvalue weighted by Gasteiger charge is -2.34. The Bertz CT molecular complexity index is 436. The van der Waals surface area contributed by atoms with Gasteiger partial charge in [-0.1, -0.05) is 25.3 Å². The SMILES string of the molecule is Cc1cc2c(c(C3(N)CCCCC3)c1)OCO2. The van der Waals surface area contributed by atoms with Crippen molar-refractivity contribution < 1.29 is 9.47 Å². The minimum absolute atomic E-state index is 0.220. The summed E-state index contributed by atoms with van der Waals surface area (Å²) >= 11 is 0. The van der Waals surface area contributed by atoms with Gasteiger partial charge in [0.1, 0.15) is 0 Å². The molecule has 0 radical (unpaired) electrons. The number of nitrogens with two attached hydrogens (primary N) is 1. The second kappa shape index (κ2) is 3.91. The first kappa shape index (κ1) is 10.9. The van der Waals surface area contributed by atoms with Crippen LogP contribution in [0.4, 0.5) is 0 Å². The lowest BCUT2D eigenvalue weighted by molar-refractivity contribution is 0.170. The third kappa shape index (κ3) is 1.78. The molecule has 1 saturated carbocycles. The van der Waals surface area contributed by atoms with Crippen molar-refractivity contribution in [2.45, 2.75) is 44.6 Å². The molecule has 3 rings (SSSR count). The van der Waals surface area contributed by atoms with E-state index in [0.717, 1.165) is 29.9 Å². The van der Waals surface area contributed by atoms with Gasteiger partial charge in [0, 0.05) is 11.1 Å². The fourth-order valence-electron chi connectivity index (χ4n) is 2.97. The Labute approximate surface area is 102 Å². The van der Waals surface area contributed by atoms with Crippen molar-refractivity contribution >= 4 is 0 Å². The van der Waals surface area contributed by atoms with Gasteiger partial charge in [0.05, 0.1) is 0 Å². The maximum atomic E-state index is 6.59. The largest absolute Gasteiger partial charge is 0.454 e. The number of benzene rings is 1. The zero-order valence-electron chi connectivity index (χ0n) is 10.3. The zero-order valence-corrected chi connectivity index (χ0v) is 10.3. The van der Waals surface area contributed by atoms with Crippen LogP contribution in [0, 0.1) is 6.92 Å². The molecule has 2 aliphatic rings. The van der Waals surface area contributed by atoms with Gasteiger partial charge in [-0.25, -0.2) is 0 Å². The maximum Gasteiger partial charge on any atom is 0.231 e. The smallest absolute Gasteiger partial charge is 0.231 e. The van der Waals surface area contributed by atoms with Gasteiger partial charge < -0.3 is 15.2 Å². The average Bonchev–Trinajstić information content (AvgIpc) is 2.76. The van der Waals surface area contributed by atoms with Gasteiger partial charge in [-0.2, -0.15) is 0 Å². The molecule has 2 N–H and O–H groups in total. The van der Waals surface area contributed by atoms with Crippen molar-refractivity contribution in [1.29, 1.82) is 0 Å². The van der Waals surface area contributed by atoms with Crippen LogP contribution >= 0.6 is 0 Å². The number of hydrogen-bond donors (Lipinski definition) is 1. The molecule has 0 bridgehead atoms. The standard InChI is InChI=1S/C14H19NO2/c1-10-7-11(13-12(8-10)16-9-17-13)14(15)5-3-2-4-6-14/h7-8H,2-6,9,15H2,1H3. The average molecular weight is 233 g/mol. The summed E-state index contributed by atoms with van der Waals surface area (Å²) in [6.07, 6.45) is 5.81. The van der Waals surface area contributed by atoms with Crippen molar-refractivity contribution in [1.82, 2.24) is 0 Å². The van der Waals surface area contributed by atoms with Gasteiger partial charge in [0.2, 0.25) is 6.79 Å².